The number of sulfonamides is 1. The number of anilines is 1. The Morgan fingerprint density at radius 3 is 2.55 bits per heavy atom. The summed E-state index contributed by atoms with van der Waals surface area (Å²) in [6, 6.07) is 8.85. The molecule has 1 saturated heterocycles. The Morgan fingerprint density at radius 1 is 1.13 bits per heavy atom. The van der Waals surface area contributed by atoms with E-state index in [1.807, 2.05) is 30.9 Å². The number of benzene rings is 1. The summed E-state index contributed by atoms with van der Waals surface area (Å²) < 4.78 is 30.3. The molecule has 1 aliphatic heterocycles. The second-order valence-corrected chi connectivity index (χ2v) is 10.6. The van der Waals surface area contributed by atoms with E-state index in [0.29, 0.717) is 27.0 Å². The van der Waals surface area contributed by atoms with Crippen LogP contribution < -0.4 is 4.72 Å². The predicted molar refractivity (Wildman–Crippen MR) is 123 cm³/mol. The number of piperidine rings is 1. The Kier molecular flexibility index (Phi) is 5.90. The van der Waals surface area contributed by atoms with Gasteiger partial charge in [0.15, 0.2) is 0 Å². The SMILES string of the molecule is Cc1ccccc1NS(=O)(=O)c1cc(-c2nc(C)c(C(=O)N3CCCCC3)s2)n(C)c1. The van der Waals surface area contributed by atoms with Crippen LogP contribution in [0.25, 0.3) is 10.7 Å². The first kappa shape index (κ1) is 21.6. The molecule has 0 radical (unpaired) electrons. The summed E-state index contributed by atoms with van der Waals surface area (Å²) in [4.78, 5) is 20.2. The van der Waals surface area contributed by atoms with Crippen LogP contribution in [0.15, 0.2) is 41.4 Å². The van der Waals surface area contributed by atoms with Gasteiger partial charge in [-0.3, -0.25) is 9.52 Å². The number of carbonyl (C=O) groups excluding carboxylic acids is 1. The quantitative estimate of drug-likeness (QED) is 0.621. The van der Waals surface area contributed by atoms with E-state index in [1.54, 1.807) is 36.0 Å². The zero-order chi connectivity index (χ0) is 22.2. The summed E-state index contributed by atoms with van der Waals surface area (Å²) in [5.41, 5.74) is 2.74. The molecular weight excluding hydrogens is 432 g/mol. The number of rotatable bonds is 5. The zero-order valence-electron chi connectivity index (χ0n) is 17.9. The van der Waals surface area contributed by atoms with Gasteiger partial charge in [0.1, 0.15) is 14.8 Å². The summed E-state index contributed by atoms with van der Waals surface area (Å²) in [6.07, 6.45) is 4.79. The lowest BCUT2D eigenvalue weighted by molar-refractivity contribution is 0.0728. The van der Waals surface area contributed by atoms with Crippen molar-refractivity contribution in [2.45, 2.75) is 38.0 Å². The lowest BCUT2D eigenvalue weighted by Crippen LogP contribution is -2.35. The van der Waals surface area contributed by atoms with E-state index in [1.165, 1.54) is 11.3 Å². The molecule has 9 heteroatoms. The van der Waals surface area contributed by atoms with Crippen LogP contribution in [0.4, 0.5) is 5.69 Å². The van der Waals surface area contributed by atoms with Crippen molar-refractivity contribution >= 4 is 33.0 Å². The lowest BCUT2D eigenvalue weighted by Gasteiger charge is -2.26. The molecule has 1 fully saturated rings. The van der Waals surface area contributed by atoms with Crippen LogP contribution >= 0.6 is 11.3 Å². The topological polar surface area (TPSA) is 84.3 Å². The predicted octanol–water partition coefficient (Wildman–Crippen LogP) is 4.19. The fraction of sp³-hybridized carbons (Fsp3) is 0.364. The standard InChI is InChI=1S/C22H26N4O3S2/c1-15-9-5-6-10-18(15)24-31(28,29)17-13-19(25(3)14-17)21-23-16(2)20(30-21)22(27)26-11-7-4-8-12-26/h5-6,9-10,13-14,24H,4,7-8,11-12H2,1-3H3. The van der Waals surface area contributed by atoms with Gasteiger partial charge in [0.2, 0.25) is 0 Å². The van der Waals surface area contributed by atoms with Crippen LogP contribution in [-0.4, -0.2) is 41.9 Å². The molecule has 1 N–H and O–H groups in total. The molecular formula is C22H26N4O3S2. The smallest absolute Gasteiger partial charge is 0.265 e. The van der Waals surface area contributed by atoms with Gasteiger partial charge >= 0.3 is 0 Å². The first-order chi connectivity index (χ1) is 14.8. The van der Waals surface area contributed by atoms with Gasteiger partial charge in [-0.1, -0.05) is 18.2 Å². The molecule has 0 atom stereocenters. The largest absolute Gasteiger partial charge is 0.347 e. The number of likely N-dealkylation sites (tertiary alicyclic amines) is 1. The molecule has 0 saturated carbocycles. The number of amides is 1. The highest BCUT2D eigenvalue weighted by molar-refractivity contribution is 7.92. The average molecular weight is 459 g/mol. The summed E-state index contributed by atoms with van der Waals surface area (Å²) in [5, 5.41) is 0.637. The van der Waals surface area contributed by atoms with Gasteiger partial charge in [0.25, 0.3) is 15.9 Å². The Balaban J connectivity index is 1.62. The number of hydrogen-bond acceptors (Lipinski definition) is 5. The number of nitrogens with one attached hydrogen (secondary N) is 1. The fourth-order valence-electron chi connectivity index (χ4n) is 3.73. The summed E-state index contributed by atoms with van der Waals surface area (Å²) in [7, 11) is -1.97. The van der Waals surface area contributed by atoms with Crippen molar-refractivity contribution in [1.29, 1.82) is 0 Å². The van der Waals surface area contributed by atoms with E-state index in [0.717, 1.165) is 37.9 Å². The van der Waals surface area contributed by atoms with Crippen LogP contribution in [0.1, 0.15) is 40.2 Å². The fourth-order valence-corrected chi connectivity index (χ4v) is 6.02. The second-order valence-electron chi connectivity index (χ2n) is 7.88. The molecule has 164 valence electrons. The van der Waals surface area contributed by atoms with Crippen LogP contribution in [0, 0.1) is 13.8 Å². The second kappa shape index (κ2) is 8.47. The minimum atomic E-state index is -3.75. The molecule has 0 aliphatic carbocycles. The van der Waals surface area contributed by atoms with Crippen molar-refractivity contribution in [3.05, 3.63) is 52.7 Å². The van der Waals surface area contributed by atoms with Gasteiger partial charge in [-0.15, -0.1) is 11.3 Å². The molecule has 0 bridgehead atoms. The molecule has 1 aliphatic rings. The zero-order valence-corrected chi connectivity index (χ0v) is 19.5. The summed E-state index contributed by atoms with van der Waals surface area (Å²) in [6.45, 7) is 5.25. The molecule has 7 nitrogen and oxygen atoms in total. The maximum Gasteiger partial charge on any atom is 0.265 e. The molecule has 3 aromatic rings. The molecule has 0 unspecified atom stereocenters. The van der Waals surface area contributed by atoms with Gasteiger partial charge < -0.3 is 9.47 Å². The van der Waals surface area contributed by atoms with E-state index in [-0.39, 0.29) is 10.8 Å². The first-order valence-corrected chi connectivity index (χ1v) is 12.6. The van der Waals surface area contributed by atoms with E-state index >= 15 is 0 Å². The maximum absolute atomic E-state index is 12.9. The highest BCUT2D eigenvalue weighted by Crippen LogP contribution is 2.32. The Labute approximate surface area is 186 Å². The summed E-state index contributed by atoms with van der Waals surface area (Å²) >= 11 is 1.32. The van der Waals surface area contributed by atoms with Crippen molar-refractivity contribution in [2.75, 3.05) is 17.8 Å². The summed E-state index contributed by atoms with van der Waals surface area (Å²) in [5.74, 6) is 0.0178. The number of thiazole rings is 1. The van der Waals surface area contributed by atoms with Crippen LogP contribution in [-0.2, 0) is 17.1 Å². The van der Waals surface area contributed by atoms with E-state index < -0.39 is 10.0 Å². The molecule has 4 rings (SSSR count). The third-order valence-corrected chi connectivity index (χ3v) is 8.03. The Hall–Kier alpha value is -2.65. The highest BCUT2D eigenvalue weighted by atomic mass is 32.2. The highest BCUT2D eigenvalue weighted by Gasteiger charge is 2.25. The van der Waals surface area contributed by atoms with Crippen molar-refractivity contribution in [1.82, 2.24) is 14.5 Å². The van der Waals surface area contributed by atoms with Gasteiger partial charge in [0, 0.05) is 26.3 Å². The number of para-hydroxylation sites is 1. The van der Waals surface area contributed by atoms with Crippen molar-refractivity contribution in [2.24, 2.45) is 7.05 Å². The number of aryl methyl sites for hydroxylation is 3. The molecule has 1 aromatic carbocycles. The van der Waals surface area contributed by atoms with Gasteiger partial charge in [0.05, 0.1) is 17.1 Å². The van der Waals surface area contributed by atoms with E-state index in [2.05, 4.69) is 9.71 Å². The molecule has 3 heterocycles. The third kappa shape index (κ3) is 4.38. The lowest BCUT2D eigenvalue weighted by atomic mass is 10.1. The monoisotopic (exact) mass is 458 g/mol. The normalized spacial score (nSPS) is 14.6. The number of carbonyl (C=O) groups is 1. The molecule has 0 spiro atoms. The van der Waals surface area contributed by atoms with Gasteiger partial charge in [-0.05, 0) is 50.8 Å². The minimum Gasteiger partial charge on any atom is -0.347 e. The van der Waals surface area contributed by atoms with E-state index in [4.69, 9.17) is 0 Å². The first-order valence-electron chi connectivity index (χ1n) is 10.3. The van der Waals surface area contributed by atoms with Gasteiger partial charge in [-0.2, -0.15) is 0 Å². The Morgan fingerprint density at radius 2 is 1.84 bits per heavy atom. The molecule has 1 amide bonds. The van der Waals surface area contributed by atoms with Crippen LogP contribution in [0.3, 0.4) is 0 Å². The van der Waals surface area contributed by atoms with Crippen molar-refractivity contribution < 1.29 is 13.2 Å². The van der Waals surface area contributed by atoms with E-state index in [9.17, 15) is 13.2 Å². The Bertz CT molecular complexity index is 1220. The van der Waals surface area contributed by atoms with Crippen molar-refractivity contribution in [3.8, 4) is 10.7 Å². The number of aromatic nitrogens is 2. The number of nitrogens with zero attached hydrogens (tertiary/aromatic N) is 3. The van der Waals surface area contributed by atoms with Crippen molar-refractivity contribution in [3.63, 3.8) is 0 Å². The van der Waals surface area contributed by atoms with Crippen LogP contribution in [0.2, 0.25) is 0 Å². The minimum absolute atomic E-state index is 0.0178. The molecule has 31 heavy (non-hydrogen) atoms. The number of hydrogen-bond donors (Lipinski definition) is 1. The average Bonchev–Trinajstić information content (AvgIpc) is 3.33. The molecule has 2 aromatic heterocycles. The third-order valence-electron chi connectivity index (χ3n) is 5.53. The van der Waals surface area contributed by atoms with Gasteiger partial charge in [-0.25, -0.2) is 13.4 Å². The maximum atomic E-state index is 12.9. The van der Waals surface area contributed by atoms with Crippen LogP contribution in [0.5, 0.6) is 0 Å².